The highest BCUT2D eigenvalue weighted by molar-refractivity contribution is 6.35. The molecule has 0 radical (unpaired) electrons. The van der Waals surface area contributed by atoms with Gasteiger partial charge in [0.25, 0.3) is 5.91 Å². The van der Waals surface area contributed by atoms with Crippen molar-refractivity contribution in [2.45, 2.75) is 6.54 Å². The number of carbonyl (C=O) groups excluding carboxylic acids is 1. The molecule has 150 valence electrons. The van der Waals surface area contributed by atoms with Crippen LogP contribution in [0.15, 0.2) is 78.0 Å². The van der Waals surface area contributed by atoms with Crippen LogP contribution in [0.5, 0.6) is 0 Å². The van der Waals surface area contributed by atoms with E-state index in [2.05, 4.69) is 15.1 Å². The van der Waals surface area contributed by atoms with Crippen molar-refractivity contribution in [2.24, 2.45) is 5.10 Å². The molecule has 1 amide bonds. The van der Waals surface area contributed by atoms with Gasteiger partial charge in [0, 0.05) is 44.9 Å². The van der Waals surface area contributed by atoms with Crippen molar-refractivity contribution < 1.29 is 4.79 Å². The number of halogens is 2. The smallest absolute Gasteiger partial charge is 0.273 e. The van der Waals surface area contributed by atoms with Crippen molar-refractivity contribution in [2.75, 3.05) is 5.73 Å². The second kappa shape index (κ2) is 8.61. The van der Waals surface area contributed by atoms with Gasteiger partial charge in [-0.25, -0.2) is 5.43 Å². The van der Waals surface area contributed by atoms with E-state index in [-0.39, 0.29) is 5.91 Å². The number of nitrogens with one attached hydrogen (secondary N) is 1. The summed E-state index contributed by atoms with van der Waals surface area (Å²) in [6, 6.07) is 20.3. The first-order valence-electron chi connectivity index (χ1n) is 9.22. The Balaban J connectivity index is 1.60. The number of nitrogen functional groups attached to an aromatic ring is 1. The third-order valence-corrected chi connectivity index (χ3v) is 5.34. The van der Waals surface area contributed by atoms with E-state index in [4.69, 9.17) is 28.9 Å². The quantitative estimate of drug-likeness (QED) is 0.251. The first-order chi connectivity index (χ1) is 14.5. The van der Waals surface area contributed by atoms with Crippen molar-refractivity contribution in [3.05, 3.63) is 99.7 Å². The number of para-hydroxylation sites is 2. The van der Waals surface area contributed by atoms with Crippen LogP contribution in [-0.2, 0) is 6.54 Å². The maximum absolute atomic E-state index is 12.3. The maximum atomic E-state index is 12.3. The Morgan fingerprint density at radius 3 is 2.63 bits per heavy atom. The molecule has 5 nitrogen and oxygen atoms in total. The van der Waals surface area contributed by atoms with Crippen LogP contribution in [0.25, 0.3) is 10.9 Å². The first-order valence-corrected chi connectivity index (χ1v) is 9.98. The normalized spacial score (nSPS) is 11.3. The van der Waals surface area contributed by atoms with E-state index in [9.17, 15) is 4.79 Å². The largest absolute Gasteiger partial charge is 0.398 e. The van der Waals surface area contributed by atoms with Gasteiger partial charge in [-0.2, -0.15) is 5.10 Å². The van der Waals surface area contributed by atoms with E-state index in [0.29, 0.717) is 27.8 Å². The number of aromatic nitrogens is 1. The summed E-state index contributed by atoms with van der Waals surface area (Å²) in [5.74, 6) is -0.360. The zero-order chi connectivity index (χ0) is 21.1. The Kier molecular flexibility index (Phi) is 5.74. The number of anilines is 1. The Labute approximate surface area is 183 Å². The van der Waals surface area contributed by atoms with Crippen LogP contribution in [0, 0.1) is 0 Å². The molecule has 4 aromatic rings. The highest BCUT2D eigenvalue weighted by Gasteiger charge is 2.10. The van der Waals surface area contributed by atoms with Crippen LogP contribution >= 0.6 is 23.2 Å². The molecular weight excluding hydrogens is 419 g/mol. The van der Waals surface area contributed by atoms with Gasteiger partial charge in [-0.05, 0) is 35.9 Å². The van der Waals surface area contributed by atoms with Gasteiger partial charge in [0.15, 0.2) is 0 Å². The SMILES string of the molecule is Nc1ccccc1C(=O)N/N=C\c1cn(Cc2ccc(Cl)cc2Cl)c2ccccc12. The molecular formula is C23H18Cl2N4O. The third kappa shape index (κ3) is 4.17. The number of rotatable bonds is 5. The fraction of sp³-hybridized carbons (Fsp3) is 0.0435. The molecule has 3 aromatic carbocycles. The van der Waals surface area contributed by atoms with E-state index in [1.807, 2.05) is 42.6 Å². The van der Waals surface area contributed by atoms with Crippen molar-refractivity contribution in [1.82, 2.24) is 9.99 Å². The van der Waals surface area contributed by atoms with Gasteiger partial charge in [-0.1, -0.05) is 59.6 Å². The van der Waals surface area contributed by atoms with Crippen LogP contribution in [-0.4, -0.2) is 16.7 Å². The van der Waals surface area contributed by atoms with Crippen molar-refractivity contribution in [1.29, 1.82) is 0 Å². The molecule has 0 saturated carbocycles. The van der Waals surface area contributed by atoms with Crippen LogP contribution in [0.2, 0.25) is 10.0 Å². The predicted octanol–water partition coefficient (Wildman–Crippen LogP) is 5.34. The molecule has 3 N–H and O–H groups in total. The average molecular weight is 437 g/mol. The fourth-order valence-electron chi connectivity index (χ4n) is 3.27. The lowest BCUT2D eigenvalue weighted by atomic mass is 10.2. The molecule has 4 rings (SSSR count). The summed E-state index contributed by atoms with van der Waals surface area (Å²) in [6.45, 7) is 0.581. The first kappa shape index (κ1) is 20.0. The number of hydrazone groups is 1. The number of amides is 1. The lowest BCUT2D eigenvalue weighted by Crippen LogP contribution is -2.18. The number of carbonyl (C=O) groups is 1. The molecule has 0 aliphatic heterocycles. The van der Waals surface area contributed by atoms with E-state index in [1.165, 1.54) is 0 Å². The van der Waals surface area contributed by atoms with Crippen LogP contribution in [0.4, 0.5) is 5.69 Å². The lowest BCUT2D eigenvalue weighted by Gasteiger charge is -2.08. The fourth-order valence-corrected chi connectivity index (χ4v) is 3.74. The Morgan fingerprint density at radius 2 is 1.83 bits per heavy atom. The second-order valence-electron chi connectivity index (χ2n) is 6.75. The third-order valence-electron chi connectivity index (χ3n) is 4.75. The average Bonchev–Trinajstić information content (AvgIpc) is 3.08. The number of fused-ring (bicyclic) bond motifs is 1. The standard InChI is InChI=1S/C23H18Cl2N4O/c24-17-10-9-15(20(25)11-17)13-29-14-16(18-5-2-4-8-22(18)29)12-27-28-23(30)19-6-1-3-7-21(19)26/h1-12,14H,13,26H2,(H,28,30)/b27-12-. The second-order valence-corrected chi connectivity index (χ2v) is 7.60. The molecule has 0 aliphatic carbocycles. The molecule has 0 saturated heterocycles. The summed E-state index contributed by atoms with van der Waals surface area (Å²) >= 11 is 12.3. The molecule has 0 atom stereocenters. The van der Waals surface area contributed by atoms with Gasteiger partial charge in [-0.3, -0.25) is 4.79 Å². The van der Waals surface area contributed by atoms with Gasteiger partial charge in [0.1, 0.15) is 0 Å². The number of benzene rings is 3. The summed E-state index contributed by atoms with van der Waals surface area (Å²) in [5.41, 5.74) is 12.0. The summed E-state index contributed by atoms with van der Waals surface area (Å²) in [5, 5.41) is 6.35. The van der Waals surface area contributed by atoms with Crippen LogP contribution < -0.4 is 11.2 Å². The van der Waals surface area contributed by atoms with Gasteiger partial charge >= 0.3 is 0 Å². The highest BCUT2D eigenvalue weighted by Crippen LogP contribution is 2.25. The van der Waals surface area contributed by atoms with E-state index in [0.717, 1.165) is 22.0 Å². The zero-order valence-electron chi connectivity index (χ0n) is 15.8. The summed E-state index contributed by atoms with van der Waals surface area (Å²) in [6.07, 6.45) is 3.60. The van der Waals surface area contributed by atoms with Gasteiger partial charge in [0.2, 0.25) is 0 Å². The number of nitrogens with zero attached hydrogens (tertiary/aromatic N) is 2. The zero-order valence-corrected chi connectivity index (χ0v) is 17.4. The van der Waals surface area contributed by atoms with Crippen molar-refractivity contribution in [3.63, 3.8) is 0 Å². The van der Waals surface area contributed by atoms with E-state index >= 15 is 0 Å². The number of hydrogen-bond acceptors (Lipinski definition) is 3. The van der Waals surface area contributed by atoms with Crippen LogP contribution in [0.3, 0.4) is 0 Å². The molecule has 1 aromatic heterocycles. The Hall–Kier alpha value is -3.28. The van der Waals surface area contributed by atoms with Crippen molar-refractivity contribution >= 4 is 51.9 Å². The summed E-state index contributed by atoms with van der Waals surface area (Å²) < 4.78 is 2.09. The minimum absolute atomic E-state index is 0.360. The molecule has 0 aliphatic rings. The molecule has 7 heteroatoms. The molecule has 1 heterocycles. The topological polar surface area (TPSA) is 72.4 Å². The van der Waals surface area contributed by atoms with Crippen LogP contribution in [0.1, 0.15) is 21.5 Å². The van der Waals surface area contributed by atoms with Gasteiger partial charge in [0.05, 0.1) is 11.8 Å². The summed E-state index contributed by atoms with van der Waals surface area (Å²) in [4.78, 5) is 12.3. The molecule has 0 unspecified atom stereocenters. The number of hydrogen-bond donors (Lipinski definition) is 2. The van der Waals surface area contributed by atoms with Gasteiger partial charge < -0.3 is 10.3 Å². The monoisotopic (exact) mass is 436 g/mol. The predicted molar refractivity (Wildman–Crippen MR) is 123 cm³/mol. The minimum atomic E-state index is -0.360. The molecule has 0 bridgehead atoms. The van der Waals surface area contributed by atoms with Gasteiger partial charge in [-0.15, -0.1) is 0 Å². The van der Waals surface area contributed by atoms with Crippen molar-refractivity contribution in [3.8, 4) is 0 Å². The molecule has 0 fully saturated rings. The summed E-state index contributed by atoms with van der Waals surface area (Å²) in [7, 11) is 0. The lowest BCUT2D eigenvalue weighted by molar-refractivity contribution is 0.0956. The Morgan fingerprint density at radius 1 is 1.07 bits per heavy atom. The maximum Gasteiger partial charge on any atom is 0.273 e. The minimum Gasteiger partial charge on any atom is -0.398 e. The Bertz CT molecular complexity index is 1260. The van der Waals surface area contributed by atoms with E-state index in [1.54, 1.807) is 36.5 Å². The van der Waals surface area contributed by atoms with E-state index < -0.39 is 0 Å². The highest BCUT2D eigenvalue weighted by atomic mass is 35.5. The number of nitrogens with two attached hydrogens (primary N) is 1. The molecule has 0 spiro atoms. The molecule has 30 heavy (non-hydrogen) atoms.